The van der Waals surface area contributed by atoms with E-state index in [1.807, 2.05) is 0 Å². The van der Waals surface area contributed by atoms with Crippen molar-refractivity contribution in [1.82, 2.24) is 16.0 Å². The van der Waals surface area contributed by atoms with E-state index in [-0.39, 0.29) is 12.8 Å². The number of hydrogen-bond acceptors (Lipinski definition) is 8. The molecule has 0 spiro atoms. The molecule has 0 aromatic heterocycles. The predicted molar refractivity (Wildman–Crippen MR) is 124 cm³/mol. The molecule has 4 atom stereocenters. The Labute approximate surface area is 202 Å². The molecule has 0 bridgehead atoms. The minimum atomic E-state index is -1.59. The fourth-order valence-electron chi connectivity index (χ4n) is 3.10. The molecular weight excluding hydrogens is 462 g/mol. The summed E-state index contributed by atoms with van der Waals surface area (Å²) in [6.07, 6.45) is 0.308. The Morgan fingerprint density at radius 1 is 0.829 bits per heavy atom. The quantitative estimate of drug-likeness (QED) is 0.114. The Morgan fingerprint density at radius 2 is 1.40 bits per heavy atom. The van der Waals surface area contributed by atoms with Gasteiger partial charge in [-0.05, 0) is 31.4 Å². The van der Waals surface area contributed by atoms with Crippen LogP contribution in [0.3, 0.4) is 0 Å². The van der Waals surface area contributed by atoms with Crippen molar-refractivity contribution in [2.24, 2.45) is 11.5 Å². The Hall–Kier alpha value is -3.55. The number of aliphatic carboxylic acids is 2. The summed E-state index contributed by atoms with van der Waals surface area (Å²) in [4.78, 5) is 60.7. The second-order valence-electron chi connectivity index (χ2n) is 7.88. The van der Waals surface area contributed by atoms with Crippen LogP contribution in [0.2, 0.25) is 0 Å². The molecule has 1 aromatic carbocycles. The maximum Gasteiger partial charge on any atom is 0.326 e. The largest absolute Gasteiger partial charge is 0.481 e. The van der Waals surface area contributed by atoms with Gasteiger partial charge in [0.2, 0.25) is 17.7 Å². The highest BCUT2D eigenvalue weighted by atomic mass is 16.4. The van der Waals surface area contributed by atoms with Crippen molar-refractivity contribution >= 4 is 29.7 Å². The van der Waals surface area contributed by atoms with E-state index in [2.05, 4.69) is 16.0 Å². The second kappa shape index (κ2) is 15.4. The third-order valence-electron chi connectivity index (χ3n) is 5.02. The molecule has 0 aliphatic carbocycles. The zero-order valence-corrected chi connectivity index (χ0v) is 19.2. The highest BCUT2D eigenvalue weighted by Crippen LogP contribution is 2.07. The molecule has 0 aliphatic heterocycles. The number of aliphatic hydroxyl groups excluding tert-OH is 1. The molecule has 1 aromatic rings. The van der Waals surface area contributed by atoms with Gasteiger partial charge < -0.3 is 42.7 Å². The number of amides is 3. The molecule has 0 aliphatic rings. The lowest BCUT2D eigenvalue weighted by molar-refractivity contribution is -0.143. The molecule has 0 saturated carbocycles. The van der Waals surface area contributed by atoms with E-state index in [1.165, 1.54) is 0 Å². The molecule has 13 nitrogen and oxygen atoms in total. The molecule has 10 N–H and O–H groups in total. The van der Waals surface area contributed by atoms with Crippen LogP contribution in [0.5, 0.6) is 0 Å². The maximum atomic E-state index is 13.0. The number of carboxylic acids is 2. The van der Waals surface area contributed by atoms with Crippen LogP contribution in [0.25, 0.3) is 0 Å². The van der Waals surface area contributed by atoms with Crippen molar-refractivity contribution in [2.75, 3.05) is 13.2 Å². The molecular formula is C22H33N5O8. The molecule has 194 valence electrons. The van der Waals surface area contributed by atoms with Crippen LogP contribution in [-0.4, -0.2) is 82.3 Å². The van der Waals surface area contributed by atoms with Crippen LogP contribution in [-0.2, 0) is 30.4 Å². The van der Waals surface area contributed by atoms with Crippen LogP contribution in [0.15, 0.2) is 30.3 Å². The van der Waals surface area contributed by atoms with Crippen molar-refractivity contribution in [1.29, 1.82) is 0 Å². The summed E-state index contributed by atoms with van der Waals surface area (Å²) in [5, 5.41) is 34.6. The summed E-state index contributed by atoms with van der Waals surface area (Å²) in [7, 11) is 0. The van der Waals surface area contributed by atoms with Gasteiger partial charge in [-0.3, -0.25) is 19.2 Å². The highest BCUT2D eigenvalue weighted by Gasteiger charge is 2.31. The highest BCUT2D eigenvalue weighted by molar-refractivity contribution is 5.95. The van der Waals surface area contributed by atoms with E-state index in [0.29, 0.717) is 24.9 Å². The fraction of sp³-hybridized carbons (Fsp3) is 0.500. The van der Waals surface area contributed by atoms with Gasteiger partial charge in [0.1, 0.15) is 24.2 Å². The number of hydrogen-bond donors (Lipinski definition) is 8. The van der Waals surface area contributed by atoms with Crippen LogP contribution < -0.4 is 27.4 Å². The molecule has 0 radical (unpaired) electrons. The van der Waals surface area contributed by atoms with Gasteiger partial charge in [0.25, 0.3) is 0 Å². The number of unbranched alkanes of at least 4 members (excludes halogenated alkanes) is 1. The molecule has 0 saturated heterocycles. The zero-order valence-electron chi connectivity index (χ0n) is 19.2. The summed E-state index contributed by atoms with van der Waals surface area (Å²) in [6.45, 7) is -0.364. The molecule has 0 fully saturated rings. The predicted octanol–water partition coefficient (Wildman–Crippen LogP) is -2.31. The van der Waals surface area contributed by atoms with Crippen molar-refractivity contribution in [3.8, 4) is 0 Å². The number of carbonyl (C=O) groups excluding carboxylic acids is 3. The van der Waals surface area contributed by atoms with Gasteiger partial charge in [-0.1, -0.05) is 30.3 Å². The van der Waals surface area contributed by atoms with Gasteiger partial charge >= 0.3 is 11.9 Å². The third kappa shape index (κ3) is 10.9. The normalized spacial score (nSPS) is 14.1. The number of aliphatic hydroxyl groups is 1. The molecule has 1 rings (SSSR count). The molecule has 0 heterocycles. The molecule has 13 heteroatoms. The van der Waals surface area contributed by atoms with Crippen LogP contribution >= 0.6 is 0 Å². The van der Waals surface area contributed by atoms with Gasteiger partial charge in [-0.2, -0.15) is 0 Å². The van der Waals surface area contributed by atoms with Gasteiger partial charge in [0.05, 0.1) is 13.0 Å². The topological polar surface area (TPSA) is 234 Å². The van der Waals surface area contributed by atoms with Crippen molar-refractivity contribution in [3.63, 3.8) is 0 Å². The molecule has 3 amide bonds. The summed E-state index contributed by atoms with van der Waals surface area (Å²) < 4.78 is 0. The molecule has 4 unspecified atom stereocenters. The van der Waals surface area contributed by atoms with Gasteiger partial charge in [0, 0.05) is 6.42 Å². The monoisotopic (exact) mass is 495 g/mol. The van der Waals surface area contributed by atoms with E-state index >= 15 is 0 Å². The Morgan fingerprint density at radius 3 is 1.94 bits per heavy atom. The number of nitrogens with two attached hydrogens (primary N) is 2. The minimum Gasteiger partial charge on any atom is -0.481 e. The minimum absolute atomic E-state index is 0.0303. The SMILES string of the molecule is NCCCCC(NC(=O)C(Cc1ccccc1)NC(=O)C(CC(=O)O)NC(=O)C(N)CO)C(=O)O. The first-order valence-electron chi connectivity index (χ1n) is 11.0. The van der Waals surface area contributed by atoms with Gasteiger partial charge in [0.15, 0.2) is 0 Å². The third-order valence-corrected chi connectivity index (χ3v) is 5.02. The molecule has 35 heavy (non-hydrogen) atoms. The van der Waals surface area contributed by atoms with E-state index in [4.69, 9.17) is 21.7 Å². The van der Waals surface area contributed by atoms with Crippen molar-refractivity contribution in [3.05, 3.63) is 35.9 Å². The first-order chi connectivity index (χ1) is 16.6. The summed E-state index contributed by atoms with van der Waals surface area (Å²) in [5.74, 6) is -5.40. The number of carbonyl (C=O) groups is 5. The first-order valence-corrected chi connectivity index (χ1v) is 11.0. The van der Waals surface area contributed by atoms with Gasteiger partial charge in [-0.25, -0.2) is 4.79 Å². The summed E-state index contributed by atoms with van der Waals surface area (Å²) in [6, 6.07) is 3.08. The number of benzene rings is 1. The fourth-order valence-corrected chi connectivity index (χ4v) is 3.10. The Bertz CT molecular complexity index is 867. The average molecular weight is 496 g/mol. The summed E-state index contributed by atoms with van der Waals surface area (Å²) >= 11 is 0. The summed E-state index contributed by atoms with van der Waals surface area (Å²) in [5.41, 5.74) is 11.5. The van der Waals surface area contributed by atoms with Crippen LogP contribution in [0, 0.1) is 0 Å². The number of carboxylic acid groups (broad SMARTS) is 2. The van der Waals surface area contributed by atoms with Crippen molar-refractivity contribution in [2.45, 2.75) is 56.3 Å². The zero-order chi connectivity index (χ0) is 26.4. The van der Waals surface area contributed by atoms with Crippen LogP contribution in [0.4, 0.5) is 0 Å². The smallest absolute Gasteiger partial charge is 0.326 e. The second-order valence-corrected chi connectivity index (χ2v) is 7.88. The lowest BCUT2D eigenvalue weighted by Gasteiger charge is -2.24. The first kappa shape index (κ1) is 29.5. The van der Waals surface area contributed by atoms with E-state index in [9.17, 15) is 29.1 Å². The van der Waals surface area contributed by atoms with E-state index < -0.39 is 66.9 Å². The van der Waals surface area contributed by atoms with Gasteiger partial charge in [-0.15, -0.1) is 0 Å². The van der Waals surface area contributed by atoms with Crippen LogP contribution in [0.1, 0.15) is 31.2 Å². The van der Waals surface area contributed by atoms with E-state index in [0.717, 1.165) is 0 Å². The average Bonchev–Trinajstić information content (AvgIpc) is 2.82. The standard InChI is InChI=1S/C22H33N5O8/c23-9-5-4-8-15(22(34)35)25-20(32)16(10-13-6-2-1-3-7-13)27-21(33)17(11-18(29)30)26-19(31)14(24)12-28/h1-3,6-7,14-17,28H,4-5,8-12,23-24H2,(H,25,32)(H,26,31)(H,27,33)(H,29,30)(H,34,35). The number of rotatable bonds is 16. The lowest BCUT2D eigenvalue weighted by atomic mass is 10.0. The lowest BCUT2D eigenvalue weighted by Crippen LogP contribution is -2.58. The Balaban J connectivity index is 3.09. The van der Waals surface area contributed by atoms with Crippen molar-refractivity contribution < 1.29 is 39.3 Å². The van der Waals surface area contributed by atoms with E-state index in [1.54, 1.807) is 30.3 Å². The number of nitrogens with one attached hydrogen (secondary N) is 3. The maximum absolute atomic E-state index is 13.0. The Kier molecular flexibility index (Phi) is 12.9.